The maximum atomic E-state index is 12.2. The number of hydrogen-bond acceptors (Lipinski definition) is 3. The van der Waals surface area contributed by atoms with Gasteiger partial charge in [-0.1, -0.05) is 18.2 Å². The number of carbonyl (C=O) groups is 1. The van der Waals surface area contributed by atoms with Crippen LogP contribution in [0.15, 0.2) is 30.3 Å². The molecule has 4 nitrogen and oxygen atoms in total. The normalized spacial score (nSPS) is 22.7. The van der Waals surface area contributed by atoms with Crippen LogP contribution in [-0.2, 0) is 4.79 Å². The number of para-hydroxylation sites is 1. The predicted octanol–water partition coefficient (Wildman–Crippen LogP) is 1.12. The number of carbonyl (C=O) groups excluding carboxylic acids is 1. The zero-order chi connectivity index (χ0) is 13.2. The van der Waals surface area contributed by atoms with Crippen molar-refractivity contribution in [3.8, 4) is 0 Å². The zero-order valence-electron chi connectivity index (χ0n) is 11.0. The third-order valence-corrected chi connectivity index (χ3v) is 3.23. The fourth-order valence-corrected chi connectivity index (χ4v) is 2.47. The highest BCUT2D eigenvalue weighted by Crippen LogP contribution is 2.25. The molecule has 1 aromatic rings. The fraction of sp³-hybridized carbons (Fsp3) is 0.500. The fourth-order valence-electron chi connectivity index (χ4n) is 2.47. The van der Waals surface area contributed by atoms with Crippen LogP contribution in [0.5, 0.6) is 0 Å². The Morgan fingerprint density at radius 1 is 1.39 bits per heavy atom. The van der Waals surface area contributed by atoms with E-state index in [0.29, 0.717) is 13.0 Å². The van der Waals surface area contributed by atoms with Gasteiger partial charge in [-0.15, -0.1) is 0 Å². The minimum atomic E-state index is -0.210. The standard InChI is InChI=1S/C14H21N3O/c1-14(2)10-17(11-6-4-3-5-7-11)12(8-9-15)13(18)16-14/h3-7,12H,8-10,15H2,1-2H3,(H,16,18). The molecule has 1 saturated heterocycles. The summed E-state index contributed by atoms with van der Waals surface area (Å²) in [6.45, 7) is 5.40. The third kappa shape index (κ3) is 2.64. The second-order valence-electron chi connectivity index (χ2n) is 5.43. The molecule has 1 unspecified atom stereocenters. The first-order valence-electron chi connectivity index (χ1n) is 6.37. The molecule has 3 N–H and O–H groups in total. The average Bonchev–Trinajstić information content (AvgIpc) is 2.33. The van der Waals surface area contributed by atoms with Crippen LogP contribution in [0.4, 0.5) is 5.69 Å². The first-order chi connectivity index (χ1) is 8.53. The smallest absolute Gasteiger partial charge is 0.243 e. The number of piperazine rings is 1. The lowest BCUT2D eigenvalue weighted by atomic mass is 9.96. The Balaban J connectivity index is 2.30. The number of benzene rings is 1. The lowest BCUT2D eigenvalue weighted by Crippen LogP contribution is -2.65. The van der Waals surface area contributed by atoms with Gasteiger partial charge in [0.25, 0.3) is 0 Å². The summed E-state index contributed by atoms with van der Waals surface area (Å²) in [6, 6.07) is 9.89. The monoisotopic (exact) mass is 247 g/mol. The van der Waals surface area contributed by atoms with E-state index < -0.39 is 0 Å². The lowest BCUT2D eigenvalue weighted by Gasteiger charge is -2.45. The van der Waals surface area contributed by atoms with E-state index in [-0.39, 0.29) is 17.5 Å². The Morgan fingerprint density at radius 3 is 2.67 bits per heavy atom. The molecule has 0 spiro atoms. The van der Waals surface area contributed by atoms with Crippen LogP contribution in [0.1, 0.15) is 20.3 Å². The van der Waals surface area contributed by atoms with Crippen LogP contribution in [0.2, 0.25) is 0 Å². The average molecular weight is 247 g/mol. The Labute approximate surface area is 108 Å². The Hall–Kier alpha value is -1.55. The van der Waals surface area contributed by atoms with E-state index in [1.54, 1.807) is 0 Å². The molecular formula is C14H21N3O. The number of nitrogens with one attached hydrogen (secondary N) is 1. The SMILES string of the molecule is CC1(C)CN(c2ccccc2)C(CCN)C(=O)N1. The quantitative estimate of drug-likeness (QED) is 0.841. The molecule has 0 aliphatic carbocycles. The highest BCUT2D eigenvalue weighted by molar-refractivity contribution is 5.87. The van der Waals surface area contributed by atoms with Gasteiger partial charge in [-0.3, -0.25) is 4.79 Å². The summed E-state index contributed by atoms with van der Waals surface area (Å²) >= 11 is 0. The van der Waals surface area contributed by atoms with Crippen LogP contribution >= 0.6 is 0 Å². The Bertz CT molecular complexity index is 416. The molecule has 2 rings (SSSR count). The van der Waals surface area contributed by atoms with Gasteiger partial charge in [-0.25, -0.2) is 0 Å². The van der Waals surface area contributed by atoms with Gasteiger partial charge in [0, 0.05) is 12.2 Å². The van der Waals surface area contributed by atoms with Gasteiger partial charge in [-0.2, -0.15) is 0 Å². The van der Waals surface area contributed by atoms with Crippen LogP contribution in [-0.4, -0.2) is 30.6 Å². The topological polar surface area (TPSA) is 58.4 Å². The molecule has 0 radical (unpaired) electrons. The van der Waals surface area contributed by atoms with Gasteiger partial charge in [0.2, 0.25) is 5.91 Å². The van der Waals surface area contributed by atoms with E-state index in [9.17, 15) is 4.79 Å². The second-order valence-corrected chi connectivity index (χ2v) is 5.43. The van der Waals surface area contributed by atoms with Crippen molar-refractivity contribution in [3.63, 3.8) is 0 Å². The van der Waals surface area contributed by atoms with E-state index in [1.165, 1.54) is 0 Å². The van der Waals surface area contributed by atoms with Gasteiger partial charge in [-0.05, 0) is 38.9 Å². The molecule has 1 aromatic carbocycles. The molecule has 1 fully saturated rings. The number of amides is 1. The van der Waals surface area contributed by atoms with Crippen LogP contribution in [0, 0.1) is 0 Å². The van der Waals surface area contributed by atoms with Crippen molar-refractivity contribution in [1.29, 1.82) is 0 Å². The van der Waals surface area contributed by atoms with E-state index >= 15 is 0 Å². The van der Waals surface area contributed by atoms with Crippen LogP contribution in [0.3, 0.4) is 0 Å². The van der Waals surface area contributed by atoms with Crippen LogP contribution in [0.25, 0.3) is 0 Å². The predicted molar refractivity (Wildman–Crippen MR) is 73.5 cm³/mol. The molecule has 1 amide bonds. The molecule has 0 aromatic heterocycles. The summed E-state index contributed by atoms with van der Waals surface area (Å²) in [5.74, 6) is 0.0700. The van der Waals surface area contributed by atoms with Crippen molar-refractivity contribution >= 4 is 11.6 Å². The van der Waals surface area contributed by atoms with Gasteiger partial charge in [0.15, 0.2) is 0 Å². The molecule has 0 saturated carbocycles. The number of nitrogens with two attached hydrogens (primary N) is 1. The molecule has 1 atom stereocenters. The number of rotatable bonds is 3. The molecule has 4 heteroatoms. The van der Waals surface area contributed by atoms with Crippen molar-refractivity contribution in [2.24, 2.45) is 5.73 Å². The molecule has 98 valence electrons. The summed E-state index contributed by atoms with van der Waals surface area (Å²) in [5, 5.41) is 3.05. The minimum Gasteiger partial charge on any atom is -0.357 e. The van der Waals surface area contributed by atoms with Crippen molar-refractivity contribution < 1.29 is 4.79 Å². The van der Waals surface area contributed by atoms with Crippen molar-refractivity contribution in [1.82, 2.24) is 5.32 Å². The molecule has 1 heterocycles. The Morgan fingerprint density at radius 2 is 2.06 bits per heavy atom. The minimum absolute atomic E-state index is 0.0700. The molecule has 1 aliphatic rings. The summed E-state index contributed by atoms with van der Waals surface area (Å²) in [7, 11) is 0. The van der Waals surface area contributed by atoms with Crippen molar-refractivity contribution in [3.05, 3.63) is 30.3 Å². The van der Waals surface area contributed by atoms with E-state index in [4.69, 9.17) is 5.73 Å². The summed E-state index contributed by atoms with van der Waals surface area (Å²) in [6.07, 6.45) is 0.677. The number of nitrogens with zero attached hydrogens (tertiary/aromatic N) is 1. The highest BCUT2D eigenvalue weighted by atomic mass is 16.2. The van der Waals surface area contributed by atoms with E-state index in [1.807, 2.05) is 44.2 Å². The molecule has 1 aliphatic heterocycles. The van der Waals surface area contributed by atoms with Gasteiger partial charge in [0.1, 0.15) is 6.04 Å². The Kier molecular flexibility index (Phi) is 3.57. The summed E-state index contributed by atoms with van der Waals surface area (Å²) < 4.78 is 0. The van der Waals surface area contributed by atoms with Gasteiger partial charge in [0.05, 0.1) is 5.54 Å². The highest BCUT2D eigenvalue weighted by Gasteiger charge is 2.37. The summed E-state index contributed by atoms with van der Waals surface area (Å²) in [5.41, 5.74) is 6.49. The first kappa shape index (κ1) is 12.9. The van der Waals surface area contributed by atoms with E-state index in [2.05, 4.69) is 10.2 Å². The molecule has 0 bridgehead atoms. The molecular weight excluding hydrogens is 226 g/mol. The molecule has 18 heavy (non-hydrogen) atoms. The van der Waals surface area contributed by atoms with Crippen molar-refractivity contribution in [2.75, 3.05) is 18.0 Å². The maximum Gasteiger partial charge on any atom is 0.243 e. The lowest BCUT2D eigenvalue weighted by molar-refractivity contribution is -0.125. The largest absolute Gasteiger partial charge is 0.357 e. The van der Waals surface area contributed by atoms with Gasteiger partial charge >= 0.3 is 0 Å². The number of anilines is 1. The van der Waals surface area contributed by atoms with Gasteiger partial charge < -0.3 is 16.0 Å². The number of hydrogen-bond donors (Lipinski definition) is 2. The second kappa shape index (κ2) is 4.98. The van der Waals surface area contributed by atoms with E-state index in [0.717, 1.165) is 12.2 Å². The summed E-state index contributed by atoms with van der Waals surface area (Å²) in [4.78, 5) is 14.3. The van der Waals surface area contributed by atoms with Crippen LogP contribution < -0.4 is 16.0 Å². The third-order valence-electron chi connectivity index (χ3n) is 3.23. The van der Waals surface area contributed by atoms with Crippen molar-refractivity contribution in [2.45, 2.75) is 31.8 Å². The zero-order valence-corrected chi connectivity index (χ0v) is 11.0. The maximum absolute atomic E-state index is 12.2. The first-order valence-corrected chi connectivity index (χ1v) is 6.37.